The Labute approximate surface area is 152 Å². The fraction of sp³-hybridized carbons (Fsp3) is 0.273. The van der Waals surface area contributed by atoms with Gasteiger partial charge in [-0.2, -0.15) is 0 Å². The number of fused-ring (bicyclic) bond motifs is 3. The van der Waals surface area contributed by atoms with Gasteiger partial charge in [0.25, 0.3) is 0 Å². The average Bonchev–Trinajstić information content (AvgIpc) is 2.88. The lowest BCUT2D eigenvalue weighted by atomic mass is 10.1. The minimum atomic E-state index is -1.42. The molecule has 1 nitrogen and oxygen atoms in total. The van der Waals surface area contributed by atoms with Crippen LogP contribution in [-0.2, 0) is 0 Å². The fourth-order valence-corrected chi connectivity index (χ4v) is 3.52. The van der Waals surface area contributed by atoms with Crippen LogP contribution in [0, 0.1) is 22.9 Å². The lowest BCUT2D eigenvalue weighted by molar-refractivity contribution is 0.668. The minimum Gasteiger partial charge on any atom is -0.455 e. The molecule has 1 heterocycles. The Kier molecular flexibility index (Phi) is 4.41. The van der Waals surface area contributed by atoms with E-state index in [-0.39, 0.29) is 0 Å². The van der Waals surface area contributed by atoms with Crippen LogP contribution in [-0.4, -0.2) is 16.1 Å². The third kappa shape index (κ3) is 4.26. The summed E-state index contributed by atoms with van der Waals surface area (Å²) in [6.45, 7) is 13.5. The third-order valence-corrected chi connectivity index (χ3v) is 5.40. The number of hydrogen-bond acceptors (Lipinski definition) is 1. The van der Waals surface area contributed by atoms with Crippen LogP contribution in [0.4, 0.5) is 0 Å². The molecule has 0 saturated heterocycles. The first-order valence-electron chi connectivity index (χ1n) is 8.64. The van der Waals surface area contributed by atoms with Crippen molar-refractivity contribution in [1.29, 1.82) is 0 Å². The summed E-state index contributed by atoms with van der Waals surface area (Å²) in [5.74, 6) is 6.68. The van der Waals surface area contributed by atoms with Gasteiger partial charge in [-0.3, -0.25) is 0 Å². The Morgan fingerprint density at radius 2 is 1.44 bits per heavy atom. The Bertz CT molecular complexity index is 1070. The first-order chi connectivity index (χ1) is 11.6. The zero-order valence-electron chi connectivity index (χ0n) is 15.9. The van der Waals surface area contributed by atoms with Crippen molar-refractivity contribution in [2.45, 2.75) is 39.3 Å². The van der Waals surface area contributed by atoms with E-state index in [1.54, 1.807) is 0 Å². The molecule has 3 rings (SSSR count). The number of furan rings is 1. The average molecular weight is 361 g/mol. The fourth-order valence-electron chi connectivity index (χ4n) is 2.49. The molecule has 0 radical (unpaired) electrons. The Morgan fingerprint density at radius 3 is 2.12 bits per heavy atom. The van der Waals surface area contributed by atoms with Gasteiger partial charge in [0.05, 0.1) is 5.56 Å². The number of hydrogen-bond donors (Lipinski definition) is 0. The molecule has 0 amide bonds. The molecule has 0 atom stereocenters. The molecule has 126 valence electrons. The summed E-state index contributed by atoms with van der Waals surface area (Å²) in [5.41, 5.74) is 10.7. The predicted molar refractivity (Wildman–Crippen MR) is 114 cm³/mol. The first kappa shape index (κ1) is 17.6. The molecule has 3 aromatic rings. The molecule has 0 aliphatic rings. The SMILES string of the molecule is C[Si](C)(C)C#Cc1ccc2oc3c(C#C[Si](C)(C)C)cccc3c2c1. The maximum Gasteiger partial charge on any atom is 0.151 e. The van der Waals surface area contributed by atoms with Gasteiger partial charge >= 0.3 is 0 Å². The van der Waals surface area contributed by atoms with Crippen molar-refractivity contribution < 1.29 is 4.42 Å². The van der Waals surface area contributed by atoms with Crippen LogP contribution in [0.1, 0.15) is 11.1 Å². The van der Waals surface area contributed by atoms with Gasteiger partial charge in [-0.25, -0.2) is 0 Å². The predicted octanol–water partition coefficient (Wildman–Crippen LogP) is 6.04. The van der Waals surface area contributed by atoms with E-state index < -0.39 is 16.1 Å². The molecule has 0 N–H and O–H groups in total. The second-order valence-corrected chi connectivity index (χ2v) is 18.0. The van der Waals surface area contributed by atoms with E-state index in [0.717, 1.165) is 33.1 Å². The smallest absolute Gasteiger partial charge is 0.151 e. The highest BCUT2D eigenvalue weighted by Crippen LogP contribution is 2.31. The van der Waals surface area contributed by atoms with Gasteiger partial charge in [-0.05, 0) is 24.3 Å². The van der Waals surface area contributed by atoms with Crippen molar-refractivity contribution in [1.82, 2.24) is 0 Å². The molecule has 0 unspecified atom stereocenters. The standard InChI is InChI=1S/C22H24OSi2/c1-24(2,3)14-12-17-10-11-21-20(16-17)19-9-7-8-18(22(19)23-21)13-15-25(4,5)6/h7-11,16H,1-6H3. The van der Waals surface area contributed by atoms with Crippen LogP contribution in [0.3, 0.4) is 0 Å². The summed E-state index contributed by atoms with van der Waals surface area (Å²) in [6.07, 6.45) is 0. The van der Waals surface area contributed by atoms with Crippen molar-refractivity contribution in [3.63, 3.8) is 0 Å². The van der Waals surface area contributed by atoms with Gasteiger partial charge in [0.1, 0.15) is 21.7 Å². The molecule has 3 heteroatoms. The van der Waals surface area contributed by atoms with Gasteiger partial charge in [-0.15, -0.1) is 11.1 Å². The van der Waals surface area contributed by atoms with Gasteiger partial charge < -0.3 is 4.42 Å². The van der Waals surface area contributed by atoms with Crippen LogP contribution in [0.5, 0.6) is 0 Å². The molecule has 0 spiro atoms. The minimum absolute atomic E-state index is 0.888. The lowest BCUT2D eigenvalue weighted by Gasteiger charge is -2.03. The molecule has 0 bridgehead atoms. The molecule has 0 aliphatic heterocycles. The topological polar surface area (TPSA) is 13.1 Å². The molecule has 25 heavy (non-hydrogen) atoms. The Morgan fingerprint density at radius 1 is 0.760 bits per heavy atom. The highest BCUT2D eigenvalue weighted by Gasteiger charge is 2.12. The summed E-state index contributed by atoms with van der Waals surface area (Å²) in [7, 11) is -2.80. The lowest BCUT2D eigenvalue weighted by Crippen LogP contribution is -2.16. The van der Waals surface area contributed by atoms with E-state index >= 15 is 0 Å². The molecule has 0 saturated carbocycles. The van der Waals surface area contributed by atoms with Crippen molar-refractivity contribution in [3.05, 3.63) is 47.5 Å². The van der Waals surface area contributed by atoms with Gasteiger partial charge in [0, 0.05) is 16.3 Å². The largest absolute Gasteiger partial charge is 0.455 e. The summed E-state index contributed by atoms with van der Waals surface area (Å²) in [5, 5.41) is 2.24. The second-order valence-electron chi connectivity index (χ2n) is 8.50. The van der Waals surface area contributed by atoms with Crippen LogP contribution in [0.25, 0.3) is 21.9 Å². The first-order valence-corrected chi connectivity index (χ1v) is 15.6. The van der Waals surface area contributed by atoms with Crippen LogP contribution in [0.2, 0.25) is 39.3 Å². The van der Waals surface area contributed by atoms with Crippen molar-refractivity contribution in [2.24, 2.45) is 0 Å². The second kappa shape index (κ2) is 6.26. The van der Waals surface area contributed by atoms with Gasteiger partial charge in [-0.1, -0.05) is 63.3 Å². The molecule has 1 aromatic heterocycles. The zero-order valence-corrected chi connectivity index (χ0v) is 17.9. The monoisotopic (exact) mass is 360 g/mol. The molecular formula is C22H24OSi2. The van der Waals surface area contributed by atoms with E-state index in [9.17, 15) is 0 Å². The number of para-hydroxylation sites is 1. The normalized spacial score (nSPS) is 11.8. The molecule has 0 fully saturated rings. The highest BCUT2D eigenvalue weighted by atomic mass is 28.3. The van der Waals surface area contributed by atoms with Crippen LogP contribution < -0.4 is 0 Å². The maximum absolute atomic E-state index is 6.12. The molecule has 2 aromatic carbocycles. The van der Waals surface area contributed by atoms with Crippen molar-refractivity contribution in [3.8, 4) is 22.9 Å². The van der Waals surface area contributed by atoms with Crippen molar-refractivity contribution in [2.75, 3.05) is 0 Å². The van der Waals surface area contributed by atoms with E-state index in [1.807, 2.05) is 18.2 Å². The van der Waals surface area contributed by atoms with E-state index in [4.69, 9.17) is 4.42 Å². The third-order valence-electron chi connectivity index (χ3n) is 3.65. The van der Waals surface area contributed by atoms with E-state index in [0.29, 0.717) is 0 Å². The van der Waals surface area contributed by atoms with E-state index in [1.165, 1.54) is 0 Å². The zero-order chi connectivity index (χ0) is 18.2. The summed E-state index contributed by atoms with van der Waals surface area (Å²) < 4.78 is 6.12. The Hall–Kier alpha value is -2.21. The summed E-state index contributed by atoms with van der Waals surface area (Å²) >= 11 is 0. The number of rotatable bonds is 0. The number of benzene rings is 2. The van der Waals surface area contributed by atoms with Gasteiger partial charge in [0.15, 0.2) is 5.58 Å². The van der Waals surface area contributed by atoms with Gasteiger partial charge in [0.2, 0.25) is 0 Å². The summed E-state index contributed by atoms with van der Waals surface area (Å²) in [6, 6.07) is 12.4. The van der Waals surface area contributed by atoms with E-state index in [2.05, 4.69) is 80.4 Å². The molecular weight excluding hydrogens is 336 g/mol. The van der Waals surface area contributed by atoms with Crippen LogP contribution >= 0.6 is 0 Å². The highest BCUT2D eigenvalue weighted by molar-refractivity contribution is 6.84. The molecule has 0 aliphatic carbocycles. The quantitative estimate of drug-likeness (QED) is 0.352. The Balaban J connectivity index is 2.17. The van der Waals surface area contributed by atoms with Crippen LogP contribution in [0.15, 0.2) is 40.8 Å². The summed E-state index contributed by atoms with van der Waals surface area (Å²) in [4.78, 5) is 0. The van der Waals surface area contributed by atoms with Crippen molar-refractivity contribution >= 4 is 38.1 Å². The maximum atomic E-state index is 6.12.